The van der Waals surface area contributed by atoms with Crippen molar-refractivity contribution in [2.45, 2.75) is 45.1 Å². The summed E-state index contributed by atoms with van der Waals surface area (Å²) < 4.78 is 59.5. The molecule has 1 fully saturated rings. The van der Waals surface area contributed by atoms with Gasteiger partial charge in [0.05, 0.1) is 36.7 Å². The second-order valence-electron chi connectivity index (χ2n) is 8.46. The normalized spacial score (nSPS) is 15.9. The number of alkyl halides is 3. The summed E-state index contributed by atoms with van der Waals surface area (Å²) >= 11 is 0. The number of esters is 1. The number of rotatable bonds is 9. The van der Waals surface area contributed by atoms with E-state index in [1.54, 1.807) is 20.8 Å². The largest absolute Gasteiger partial charge is 0.489 e. The number of anilines is 2. The van der Waals surface area contributed by atoms with E-state index in [9.17, 15) is 22.8 Å². The number of benzene rings is 1. The summed E-state index contributed by atoms with van der Waals surface area (Å²) in [4.78, 5) is 24.7. The van der Waals surface area contributed by atoms with Crippen LogP contribution in [0.4, 0.5) is 29.3 Å². The van der Waals surface area contributed by atoms with Gasteiger partial charge in [-0.2, -0.15) is 13.2 Å². The zero-order valence-electron chi connectivity index (χ0n) is 19.1. The third-order valence-electron chi connectivity index (χ3n) is 4.52. The summed E-state index contributed by atoms with van der Waals surface area (Å²) in [7, 11) is 1.21. The summed E-state index contributed by atoms with van der Waals surface area (Å²) in [6.45, 7) is 3.53. The summed E-state index contributed by atoms with van der Waals surface area (Å²) in [5.74, 6) is -0.582. The van der Waals surface area contributed by atoms with Gasteiger partial charge in [0, 0.05) is 13.2 Å². The fourth-order valence-electron chi connectivity index (χ4n) is 2.84. The predicted octanol–water partition coefficient (Wildman–Crippen LogP) is 3.43. The quantitative estimate of drug-likeness (QED) is 0.411. The molecule has 3 N–H and O–H groups in total. The monoisotopic (exact) mass is 477 g/mol. The number of carbonyl (C=O) groups excluding carboxylic acids is 2. The molecule has 0 aliphatic carbocycles. The molecular weight excluding hydrogens is 447 g/mol. The molecule has 1 aliphatic rings. The second kappa shape index (κ2) is 10.8. The van der Waals surface area contributed by atoms with Gasteiger partial charge in [0.15, 0.2) is 0 Å². The van der Waals surface area contributed by atoms with E-state index < -0.39 is 36.9 Å². The van der Waals surface area contributed by atoms with Crippen molar-refractivity contribution in [2.75, 3.05) is 51.0 Å². The first-order valence-corrected chi connectivity index (χ1v) is 10.3. The van der Waals surface area contributed by atoms with E-state index >= 15 is 0 Å². The molecule has 0 bridgehead atoms. The third kappa shape index (κ3) is 8.52. The Labute approximate surface area is 190 Å². The fraction of sp³-hybridized carbons (Fsp3) is 0.619. The number of nitrogens with zero attached hydrogens (tertiary/aromatic N) is 1. The molecule has 1 aromatic rings. The first-order chi connectivity index (χ1) is 15.3. The van der Waals surface area contributed by atoms with Crippen LogP contribution < -0.4 is 15.8 Å². The molecule has 1 aliphatic heterocycles. The molecule has 9 nitrogen and oxygen atoms in total. The molecule has 1 saturated heterocycles. The number of nitrogens with two attached hydrogens (primary N) is 1. The predicted molar refractivity (Wildman–Crippen MR) is 114 cm³/mol. The zero-order valence-corrected chi connectivity index (χ0v) is 19.1. The molecule has 1 aromatic carbocycles. The van der Waals surface area contributed by atoms with Crippen LogP contribution in [0.3, 0.4) is 0 Å². The van der Waals surface area contributed by atoms with E-state index in [0.717, 1.165) is 6.42 Å². The van der Waals surface area contributed by atoms with Crippen molar-refractivity contribution in [1.82, 2.24) is 4.90 Å². The molecule has 0 radical (unpaired) electrons. The van der Waals surface area contributed by atoms with E-state index in [-0.39, 0.29) is 29.7 Å². The van der Waals surface area contributed by atoms with Crippen LogP contribution in [-0.2, 0) is 14.2 Å². The van der Waals surface area contributed by atoms with E-state index in [1.165, 1.54) is 19.2 Å². The first-order valence-electron chi connectivity index (χ1n) is 10.3. The number of methoxy groups -OCH3 is 1. The molecule has 33 heavy (non-hydrogen) atoms. The van der Waals surface area contributed by atoms with Gasteiger partial charge in [0.2, 0.25) is 0 Å². The molecule has 0 aromatic heterocycles. The maximum absolute atomic E-state index is 13.0. The lowest BCUT2D eigenvalue weighted by Gasteiger charge is -2.28. The lowest BCUT2D eigenvalue weighted by molar-refractivity contribution is -0.145. The summed E-state index contributed by atoms with van der Waals surface area (Å²) in [6.07, 6.45) is -4.85. The number of carbonyl (C=O) groups is 2. The number of nitrogen functional groups attached to an aromatic ring is 1. The smallest absolute Gasteiger partial charge is 0.410 e. The van der Waals surface area contributed by atoms with Crippen LogP contribution in [0.1, 0.15) is 37.6 Å². The van der Waals surface area contributed by atoms with Crippen molar-refractivity contribution in [1.29, 1.82) is 0 Å². The number of halogens is 3. The molecule has 0 unspecified atom stereocenters. The minimum absolute atomic E-state index is 0.0142. The molecule has 2 rings (SSSR count). The molecule has 1 atom stereocenters. The molecule has 186 valence electrons. The minimum atomic E-state index is -4.62. The SMILES string of the molecule is COC(=O)c1cc(NC[C@@H]2CCO2)c(N)c(OCCN(CC(F)(F)F)C(=O)OC(C)(C)C)c1. The van der Waals surface area contributed by atoms with E-state index in [2.05, 4.69) is 5.32 Å². The first kappa shape index (κ1) is 26.4. The standard InChI is InChI=1S/C21H30F3N3O6/c1-20(2,3)33-19(29)27(12-21(22,23)24)6-8-32-16-10-13(18(28)30-4)9-15(17(16)25)26-11-14-5-7-31-14/h9-10,14,26H,5-8,11-12,25H2,1-4H3/t14-/m0/s1. The topological polar surface area (TPSA) is 112 Å². The van der Waals surface area contributed by atoms with Crippen LogP contribution in [-0.4, -0.2) is 74.8 Å². The van der Waals surface area contributed by atoms with Crippen molar-refractivity contribution < 1.29 is 41.7 Å². The maximum Gasteiger partial charge on any atom is 0.410 e. The van der Waals surface area contributed by atoms with Crippen molar-refractivity contribution in [3.63, 3.8) is 0 Å². The van der Waals surface area contributed by atoms with E-state index in [0.29, 0.717) is 23.7 Å². The highest BCUT2D eigenvalue weighted by Gasteiger charge is 2.35. The van der Waals surface area contributed by atoms with Gasteiger partial charge in [-0.3, -0.25) is 4.90 Å². The Morgan fingerprint density at radius 3 is 2.45 bits per heavy atom. The van der Waals surface area contributed by atoms with Gasteiger partial charge in [-0.05, 0) is 39.3 Å². The zero-order chi connectivity index (χ0) is 24.8. The van der Waals surface area contributed by atoms with Gasteiger partial charge >= 0.3 is 18.2 Å². The van der Waals surface area contributed by atoms with Crippen LogP contribution in [0.25, 0.3) is 0 Å². The number of amides is 1. The summed E-state index contributed by atoms with van der Waals surface area (Å²) in [6, 6.07) is 2.82. The summed E-state index contributed by atoms with van der Waals surface area (Å²) in [5, 5.41) is 3.08. The number of hydrogen-bond donors (Lipinski definition) is 2. The average molecular weight is 477 g/mol. The van der Waals surface area contributed by atoms with Gasteiger partial charge in [-0.15, -0.1) is 0 Å². The molecule has 0 saturated carbocycles. The Morgan fingerprint density at radius 1 is 1.27 bits per heavy atom. The van der Waals surface area contributed by atoms with Crippen LogP contribution in [0.5, 0.6) is 5.75 Å². The highest BCUT2D eigenvalue weighted by atomic mass is 19.4. The Kier molecular flexibility index (Phi) is 8.64. The highest BCUT2D eigenvalue weighted by molar-refractivity contribution is 5.93. The van der Waals surface area contributed by atoms with Crippen LogP contribution in [0, 0.1) is 0 Å². The fourth-order valence-corrected chi connectivity index (χ4v) is 2.84. The molecular formula is C21H30F3N3O6. The average Bonchev–Trinajstić information content (AvgIpc) is 2.65. The van der Waals surface area contributed by atoms with Crippen molar-refractivity contribution in [3.05, 3.63) is 17.7 Å². The highest BCUT2D eigenvalue weighted by Crippen LogP contribution is 2.32. The Morgan fingerprint density at radius 2 is 1.94 bits per heavy atom. The molecule has 1 heterocycles. The molecule has 12 heteroatoms. The van der Waals surface area contributed by atoms with Gasteiger partial charge in [0.1, 0.15) is 24.5 Å². The minimum Gasteiger partial charge on any atom is -0.489 e. The van der Waals surface area contributed by atoms with Crippen molar-refractivity contribution >= 4 is 23.4 Å². The Bertz CT molecular complexity index is 838. The van der Waals surface area contributed by atoms with Crippen molar-refractivity contribution in [3.8, 4) is 5.75 Å². The summed E-state index contributed by atoms with van der Waals surface area (Å²) in [5.41, 5.74) is 5.85. The van der Waals surface area contributed by atoms with E-state index in [4.69, 9.17) is 24.7 Å². The third-order valence-corrected chi connectivity index (χ3v) is 4.52. The number of nitrogens with one attached hydrogen (secondary N) is 1. The molecule has 0 spiro atoms. The van der Waals surface area contributed by atoms with Gasteiger partial charge < -0.3 is 30.0 Å². The Hall–Kier alpha value is -2.89. The van der Waals surface area contributed by atoms with Crippen LogP contribution >= 0.6 is 0 Å². The van der Waals surface area contributed by atoms with Gasteiger partial charge in [-0.1, -0.05) is 0 Å². The van der Waals surface area contributed by atoms with Crippen LogP contribution in [0.15, 0.2) is 12.1 Å². The maximum atomic E-state index is 13.0. The number of hydrogen-bond acceptors (Lipinski definition) is 8. The van der Waals surface area contributed by atoms with Crippen molar-refractivity contribution in [2.24, 2.45) is 0 Å². The lowest BCUT2D eigenvalue weighted by Crippen LogP contribution is -2.44. The molecule has 1 amide bonds. The van der Waals surface area contributed by atoms with Crippen LogP contribution in [0.2, 0.25) is 0 Å². The Balaban J connectivity index is 2.13. The van der Waals surface area contributed by atoms with E-state index in [1.807, 2.05) is 0 Å². The number of ether oxygens (including phenoxy) is 4. The van der Waals surface area contributed by atoms with Gasteiger partial charge in [-0.25, -0.2) is 9.59 Å². The van der Waals surface area contributed by atoms with Gasteiger partial charge in [0.25, 0.3) is 0 Å². The lowest BCUT2D eigenvalue weighted by atomic mass is 10.1. The second-order valence-corrected chi connectivity index (χ2v) is 8.46.